The van der Waals surface area contributed by atoms with E-state index < -0.39 is 0 Å². The predicted octanol–water partition coefficient (Wildman–Crippen LogP) is 2.78. The third-order valence-electron chi connectivity index (χ3n) is 5.05. The van der Waals surface area contributed by atoms with Crippen molar-refractivity contribution in [3.63, 3.8) is 0 Å². The lowest BCUT2D eigenvalue weighted by molar-refractivity contribution is 0.175. The largest absolute Gasteiger partial charge is 0.370 e. The van der Waals surface area contributed by atoms with Gasteiger partial charge in [0.05, 0.1) is 0 Å². The van der Waals surface area contributed by atoms with E-state index in [1.165, 1.54) is 68.7 Å². The molecule has 1 aromatic carbocycles. The van der Waals surface area contributed by atoms with Gasteiger partial charge in [0.2, 0.25) is 0 Å². The number of likely N-dealkylation sites (tertiary alicyclic amines) is 1. The molecule has 2 saturated heterocycles. The van der Waals surface area contributed by atoms with Crippen LogP contribution in [0, 0.1) is 6.92 Å². The van der Waals surface area contributed by atoms with Gasteiger partial charge in [0.1, 0.15) is 0 Å². The zero-order valence-corrected chi connectivity index (χ0v) is 13.6. The second-order valence-corrected chi connectivity index (χ2v) is 6.64. The molecule has 1 aromatic rings. The van der Waals surface area contributed by atoms with Gasteiger partial charge in [-0.25, -0.2) is 0 Å². The Kier molecular flexibility index (Phi) is 4.81. The highest BCUT2D eigenvalue weighted by atomic mass is 15.3. The van der Waals surface area contributed by atoms with Crippen LogP contribution in [0.25, 0.3) is 0 Å². The molecular formula is C18H29N3. The van der Waals surface area contributed by atoms with Crippen molar-refractivity contribution in [1.82, 2.24) is 10.2 Å². The minimum atomic E-state index is 0.779. The first-order valence-corrected chi connectivity index (χ1v) is 8.51. The Morgan fingerprint density at radius 2 is 1.95 bits per heavy atom. The summed E-state index contributed by atoms with van der Waals surface area (Å²) >= 11 is 0. The minimum Gasteiger partial charge on any atom is -0.370 e. The average Bonchev–Trinajstić information content (AvgIpc) is 2.98. The van der Waals surface area contributed by atoms with Crippen molar-refractivity contribution in [3.05, 3.63) is 29.3 Å². The first kappa shape index (κ1) is 14.9. The maximum Gasteiger partial charge on any atom is 0.0396 e. The molecule has 0 saturated carbocycles. The van der Waals surface area contributed by atoms with Crippen molar-refractivity contribution in [2.45, 2.75) is 45.2 Å². The second kappa shape index (κ2) is 6.80. The third kappa shape index (κ3) is 3.41. The molecule has 1 unspecified atom stereocenters. The first-order valence-electron chi connectivity index (χ1n) is 8.51. The van der Waals surface area contributed by atoms with Crippen molar-refractivity contribution in [2.75, 3.05) is 38.1 Å². The predicted molar refractivity (Wildman–Crippen MR) is 90.0 cm³/mol. The van der Waals surface area contributed by atoms with Crippen LogP contribution in [0.5, 0.6) is 0 Å². The van der Waals surface area contributed by atoms with E-state index in [0.717, 1.165) is 12.6 Å². The molecule has 3 nitrogen and oxygen atoms in total. The molecule has 3 heteroatoms. The lowest BCUT2D eigenvalue weighted by Gasteiger charge is -2.32. The van der Waals surface area contributed by atoms with Gasteiger partial charge in [0.15, 0.2) is 0 Å². The normalized spacial score (nSPS) is 23.7. The van der Waals surface area contributed by atoms with E-state index >= 15 is 0 Å². The van der Waals surface area contributed by atoms with Gasteiger partial charge in [-0.1, -0.05) is 18.6 Å². The van der Waals surface area contributed by atoms with Crippen LogP contribution in [0.1, 0.15) is 36.8 Å². The van der Waals surface area contributed by atoms with Gasteiger partial charge in [0, 0.05) is 31.4 Å². The fraction of sp³-hybridized carbons (Fsp3) is 0.667. The molecule has 2 fully saturated rings. The van der Waals surface area contributed by atoms with E-state index in [-0.39, 0.29) is 0 Å². The van der Waals surface area contributed by atoms with Crippen molar-refractivity contribution in [2.24, 2.45) is 0 Å². The average molecular weight is 287 g/mol. The molecule has 0 aliphatic carbocycles. The Morgan fingerprint density at radius 1 is 1.14 bits per heavy atom. The number of benzene rings is 1. The maximum absolute atomic E-state index is 3.23. The summed E-state index contributed by atoms with van der Waals surface area (Å²) in [7, 11) is 2.01. The SMILES string of the molecule is CNCc1ccc(N2CCC(N3CCCCC3)C2)c(C)c1. The van der Waals surface area contributed by atoms with Crippen LogP contribution in [-0.4, -0.2) is 44.2 Å². The minimum absolute atomic E-state index is 0.779. The molecule has 0 spiro atoms. The zero-order valence-electron chi connectivity index (χ0n) is 13.6. The number of rotatable bonds is 4. The summed E-state index contributed by atoms with van der Waals surface area (Å²) in [5.74, 6) is 0. The summed E-state index contributed by atoms with van der Waals surface area (Å²) in [6.45, 7) is 8.27. The molecule has 116 valence electrons. The lowest BCUT2D eigenvalue weighted by atomic mass is 10.1. The van der Waals surface area contributed by atoms with Gasteiger partial charge in [-0.3, -0.25) is 4.90 Å². The van der Waals surface area contributed by atoms with Gasteiger partial charge in [-0.15, -0.1) is 0 Å². The zero-order chi connectivity index (χ0) is 14.7. The fourth-order valence-corrected chi connectivity index (χ4v) is 3.93. The molecule has 0 amide bonds. The molecule has 0 aromatic heterocycles. The Hall–Kier alpha value is -1.06. The van der Waals surface area contributed by atoms with E-state index in [1.54, 1.807) is 0 Å². The molecule has 0 radical (unpaired) electrons. The van der Waals surface area contributed by atoms with Crippen LogP contribution in [0.3, 0.4) is 0 Å². The molecule has 3 rings (SSSR count). The molecule has 1 N–H and O–H groups in total. The van der Waals surface area contributed by atoms with Gasteiger partial charge in [-0.2, -0.15) is 0 Å². The Labute approximate surface area is 129 Å². The maximum atomic E-state index is 3.23. The van der Waals surface area contributed by atoms with Gasteiger partial charge in [0.25, 0.3) is 0 Å². The van der Waals surface area contributed by atoms with Crippen LogP contribution in [0.2, 0.25) is 0 Å². The summed E-state index contributed by atoms with van der Waals surface area (Å²) < 4.78 is 0. The molecule has 0 bridgehead atoms. The number of hydrogen-bond donors (Lipinski definition) is 1. The Balaban J connectivity index is 1.65. The molecule has 21 heavy (non-hydrogen) atoms. The summed E-state index contributed by atoms with van der Waals surface area (Å²) in [6.07, 6.45) is 5.55. The number of anilines is 1. The standard InChI is InChI=1S/C18H29N3/c1-15-12-16(13-19-2)6-7-18(15)21-11-8-17(14-21)20-9-4-3-5-10-20/h6-7,12,17,19H,3-5,8-11,13-14H2,1-2H3. The summed E-state index contributed by atoms with van der Waals surface area (Å²) in [5, 5.41) is 3.23. The molecule has 2 aliphatic rings. The van der Waals surface area contributed by atoms with Gasteiger partial charge < -0.3 is 10.2 Å². The van der Waals surface area contributed by atoms with Crippen molar-refractivity contribution in [3.8, 4) is 0 Å². The highest BCUT2D eigenvalue weighted by Gasteiger charge is 2.29. The Morgan fingerprint density at radius 3 is 2.67 bits per heavy atom. The van der Waals surface area contributed by atoms with Gasteiger partial charge in [-0.05, 0) is 63.5 Å². The van der Waals surface area contributed by atoms with E-state index in [4.69, 9.17) is 0 Å². The van der Waals surface area contributed by atoms with Crippen LogP contribution in [-0.2, 0) is 6.54 Å². The summed E-state index contributed by atoms with van der Waals surface area (Å²) in [5.41, 5.74) is 4.24. The topological polar surface area (TPSA) is 18.5 Å². The highest BCUT2D eigenvalue weighted by molar-refractivity contribution is 5.55. The van der Waals surface area contributed by atoms with Crippen LogP contribution in [0.15, 0.2) is 18.2 Å². The number of hydrogen-bond acceptors (Lipinski definition) is 3. The van der Waals surface area contributed by atoms with Crippen LogP contribution in [0.4, 0.5) is 5.69 Å². The number of nitrogens with zero attached hydrogens (tertiary/aromatic N) is 2. The molecule has 2 heterocycles. The quantitative estimate of drug-likeness (QED) is 0.918. The van der Waals surface area contributed by atoms with Crippen LogP contribution < -0.4 is 10.2 Å². The van der Waals surface area contributed by atoms with Crippen molar-refractivity contribution in [1.29, 1.82) is 0 Å². The van der Waals surface area contributed by atoms with Crippen molar-refractivity contribution < 1.29 is 0 Å². The molecule has 2 aliphatic heterocycles. The number of aryl methyl sites for hydroxylation is 1. The highest BCUT2D eigenvalue weighted by Crippen LogP contribution is 2.28. The lowest BCUT2D eigenvalue weighted by Crippen LogP contribution is -2.40. The molecular weight excluding hydrogens is 258 g/mol. The van der Waals surface area contributed by atoms with E-state index in [2.05, 4.69) is 40.2 Å². The number of nitrogens with one attached hydrogen (secondary N) is 1. The smallest absolute Gasteiger partial charge is 0.0396 e. The summed E-state index contributed by atoms with van der Waals surface area (Å²) in [6, 6.07) is 7.70. The van der Waals surface area contributed by atoms with E-state index in [1.807, 2.05) is 7.05 Å². The Bertz CT molecular complexity index is 466. The summed E-state index contributed by atoms with van der Waals surface area (Å²) in [4.78, 5) is 5.33. The van der Waals surface area contributed by atoms with Crippen molar-refractivity contribution >= 4 is 5.69 Å². The van der Waals surface area contributed by atoms with Crippen LogP contribution >= 0.6 is 0 Å². The first-order chi connectivity index (χ1) is 10.3. The third-order valence-corrected chi connectivity index (χ3v) is 5.05. The fourth-order valence-electron chi connectivity index (χ4n) is 3.93. The monoisotopic (exact) mass is 287 g/mol. The van der Waals surface area contributed by atoms with E-state index in [9.17, 15) is 0 Å². The van der Waals surface area contributed by atoms with Gasteiger partial charge >= 0.3 is 0 Å². The number of piperidine rings is 1. The van der Waals surface area contributed by atoms with E-state index in [0.29, 0.717) is 0 Å². The molecule has 1 atom stereocenters. The second-order valence-electron chi connectivity index (χ2n) is 6.64.